The van der Waals surface area contributed by atoms with Crippen LogP contribution in [0.5, 0.6) is 0 Å². The molecule has 3 N–H and O–H groups in total. The molecule has 1 aliphatic carbocycles. The number of thiocarbonyl (C=S) groups is 1. The molecule has 0 bridgehead atoms. The highest BCUT2D eigenvalue weighted by Crippen LogP contribution is 2.32. The van der Waals surface area contributed by atoms with E-state index in [1.54, 1.807) is 0 Å². The Hall–Kier alpha value is -0.670. The van der Waals surface area contributed by atoms with Crippen molar-refractivity contribution in [2.75, 3.05) is 7.05 Å². The molecule has 0 aromatic heterocycles. The molecule has 0 aromatic rings. The first-order chi connectivity index (χ1) is 8.02. The van der Waals surface area contributed by atoms with Crippen LogP contribution < -0.4 is 11.1 Å². The van der Waals surface area contributed by atoms with Gasteiger partial charge in [-0.05, 0) is 51.0 Å². The van der Waals surface area contributed by atoms with E-state index in [0.29, 0.717) is 0 Å². The second kappa shape index (κ2) is 6.92. The summed E-state index contributed by atoms with van der Waals surface area (Å²) in [6.07, 6.45) is 7.86. The summed E-state index contributed by atoms with van der Waals surface area (Å²) >= 11 is 5.08. The zero-order valence-electron chi connectivity index (χ0n) is 11.0. The van der Waals surface area contributed by atoms with E-state index >= 15 is 0 Å². The number of allylic oxidation sites excluding steroid dienone is 2. The average molecular weight is 252 g/mol. The maximum absolute atomic E-state index is 6.18. The standard InChI is InChI=1S/C14H24N2S/c1-10-4-5-12(8-10)6-7-13(15)14(16-3)9-11(2)17/h9,12-13,16H,1,4-8,15H2,2-3H3. The largest absolute Gasteiger partial charge is 0.390 e. The Morgan fingerprint density at radius 3 is 2.88 bits per heavy atom. The second-order valence-corrected chi connectivity index (χ2v) is 5.65. The zero-order valence-corrected chi connectivity index (χ0v) is 11.8. The van der Waals surface area contributed by atoms with Gasteiger partial charge in [-0.15, -0.1) is 0 Å². The Morgan fingerprint density at radius 2 is 2.41 bits per heavy atom. The van der Waals surface area contributed by atoms with E-state index in [4.69, 9.17) is 18.0 Å². The van der Waals surface area contributed by atoms with E-state index in [2.05, 4.69) is 11.9 Å². The van der Waals surface area contributed by atoms with Crippen LogP contribution in [0.4, 0.5) is 0 Å². The molecule has 0 heterocycles. The second-order valence-electron chi connectivity index (χ2n) is 5.00. The number of nitrogens with two attached hydrogens (primary N) is 1. The molecule has 1 fully saturated rings. The van der Waals surface area contributed by atoms with Gasteiger partial charge in [0.15, 0.2) is 0 Å². The first kappa shape index (κ1) is 14.4. The van der Waals surface area contributed by atoms with Crippen LogP contribution in [0.3, 0.4) is 0 Å². The third-order valence-corrected chi connectivity index (χ3v) is 3.53. The molecule has 1 aliphatic rings. The Bertz CT molecular complexity index is 320. The van der Waals surface area contributed by atoms with E-state index in [-0.39, 0.29) is 6.04 Å². The van der Waals surface area contributed by atoms with E-state index in [1.165, 1.54) is 31.3 Å². The monoisotopic (exact) mass is 252 g/mol. The molecule has 2 atom stereocenters. The molecule has 2 unspecified atom stereocenters. The van der Waals surface area contributed by atoms with Crippen LogP contribution in [-0.2, 0) is 0 Å². The molecule has 2 nitrogen and oxygen atoms in total. The molecule has 1 rings (SSSR count). The van der Waals surface area contributed by atoms with Gasteiger partial charge in [0.2, 0.25) is 0 Å². The van der Waals surface area contributed by atoms with Crippen LogP contribution in [0.1, 0.15) is 39.0 Å². The van der Waals surface area contributed by atoms with Crippen molar-refractivity contribution in [1.82, 2.24) is 5.32 Å². The summed E-state index contributed by atoms with van der Waals surface area (Å²) in [7, 11) is 1.90. The fourth-order valence-corrected chi connectivity index (χ4v) is 2.55. The van der Waals surface area contributed by atoms with Gasteiger partial charge in [-0.1, -0.05) is 24.4 Å². The van der Waals surface area contributed by atoms with Gasteiger partial charge < -0.3 is 11.1 Å². The number of rotatable bonds is 6. The summed E-state index contributed by atoms with van der Waals surface area (Å²) in [4.78, 5) is 0.874. The third-order valence-electron chi connectivity index (χ3n) is 3.42. The van der Waals surface area contributed by atoms with Crippen LogP contribution in [0.2, 0.25) is 0 Å². The smallest absolute Gasteiger partial charge is 0.0444 e. The Balaban J connectivity index is 2.40. The molecule has 0 radical (unpaired) electrons. The van der Waals surface area contributed by atoms with Crippen LogP contribution in [-0.4, -0.2) is 18.0 Å². The Morgan fingerprint density at radius 1 is 1.71 bits per heavy atom. The number of hydrogen-bond acceptors (Lipinski definition) is 3. The van der Waals surface area contributed by atoms with Gasteiger partial charge in [0.1, 0.15) is 0 Å². The van der Waals surface area contributed by atoms with Gasteiger partial charge in [-0.3, -0.25) is 0 Å². The maximum Gasteiger partial charge on any atom is 0.0444 e. The molecule has 96 valence electrons. The van der Waals surface area contributed by atoms with Crippen molar-refractivity contribution in [2.45, 2.75) is 45.1 Å². The lowest BCUT2D eigenvalue weighted by atomic mass is 9.97. The van der Waals surface area contributed by atoms with Crippen molar-refractivity contribution in [1.29, 1.82) is 0 Å². The van der Waals surface area contributed by atoms with Gasteiger partial charge in [-0.2, -0.15) is 0 Å². The van der Waals surface area contributed by atoms with Crippen LogP contribution in [0, 0.1) is 5.92 Å². The van der Waals surface area contributed by atoms with Crippen molar-refractivity contribution < 1.29 is 0 Å². The fraction of sp³-hybridized carbons (Fsp3) is 0.643. The summed E-state index contributed by atoms with van der Waals surface area (Å²) in [6.45, 7) is 5.97. The predicted molar refractivity (Wildman–Crippen MR) is 79.1 cm³/mol. The molecule has 1 saturated carbocycles. The molecule has 0 saturated heterocycles. The zero-order chi connectivity index (χ0) is 12.8. The number of hydrogen-bond donors (Lipinski definition) is 2. The summed E-state index contributed by atoms with van der Waals surface area (Å²) in [6, 6.07) is 0.0757. The van der Waals surface area contributed by atoms with E-state index < -0.39 is 0 Å². The lowest BCUT2D eigenvalue weighted by molar-refractivity contribution is 0.465. The lowest BCUT2D eigenvalue weighted by Gasteiger charge is -2.17. The van der Waals surface area contributed by atoms with Crippen LogP contribution >= 0.6 is 12.2 Å². The summed E-state index contributed by atoms with van der Waals surface area (Å²) in [5, 5.41) is 3.15. The van der Waals surface area contributed by atoms with Crippen molar-refractivity contribution in [3.8, 4) is 0 Å². The molecule has 3 heteroatoms. The van der Waals surface area contributed by atoms with Crippen LogP contribution in [0.15, 0.2) is 23.9 Å². The normalized spacial score (nSPS) is 22.6. The third kappa shape index (κ3) is 5.00. The van der Waals surface area contributed by atoms with Gasteiger partial charge in [-0.25, -0.2) is 0 Å². The van der Waals surface area contributed by atoms with Crippen molar-refractivity contribution in [2.24, 2.45) is 11.7 Å². The highest BCUT2D eigenvalue weighted by Gasteiger charge is 2.19. The van der Waals surface area contributed by atoms with Gasteiger partial charge in [0.25, 0.3) is 0 Å². The van der Waals surface area contributed by atoms with E-state index in [9.17, 15) is 0 Å². The minimum absolute atomic E-state index is 0.0757. The average Bonchev–Trinajstić information content (AvgIpc) is 2.68. The molecule has 0 spiro atoms. The first-order valence-corrected chi connectivity index (χ1v) is 6.76. The molecule has 17 heavy (non-hydrogen) atoms. The lowest BCUT2D eigenvalue weighted by Crippen LogP contribution is -2.30. The fourth-order valence-electron chi connectivity index (χ4n) is 2.42. The predicted octanol–water partition coefficient (Wildman–Crippen LogP) is 2.94. The van der Waals surface area contributed by atoms with Crippen molar-refractivity contribution in [3.63, 3.8) is 0 Å². The Labute approximate surface area is 110 Å². The van der Waals surface area contributed by atoms with E-state index in [0.717, 1.165) is 22.9 Å². The highest BCUT2D eigenvalue weighted by molar-refractivity contribution is 7.80. The van der Waals surface area contributed by atoms with Gasteiger partial charge >= 0.3 is 0 Å². The van der Waals surface area contributed by atoms with E-state index in [1.807, 2.05) is 20.0 Å². The molecular weight excluding hydrogens is 228 g/mol. The highest BCUT2D eigenvalue weighted by atomic mass is 32.1. The minimum Gasteiger partial charge on any atom is -0.390 e. The molecule has 0 amide bonds. The summed E-state index contributed by atoms with van der Waals surface area (Å²) < 4.78 is 0. The molecule has 0 aromatic carbocycles. The molecular formula is C14H24N2S. The summed E-state index contributed by atoms with van der Waals surface area (Å²) in [5.74, 6) is 0.792. The Kier molecular flexibility index (Phi) is 5.86. The quantitative estimate of drug-likeness (QED) is 0.434. The summed E-state index contributed by atoms with van der Waals surface area (Å²) in [5.41, 5.74) is 8.63. The topological polar surface area (TPSA) is 38.0 Å². The van der Waals surface area contributed by atoms with Crippen molar-refractivity contribution >= 4 is 17.1 Å². The number of nitrogens with one attached hydrogen (secondary N) is 1. The van der Waals surface area contributed by atoms with Gasteiger partial charge in [0.05, 0.1) is 0 Å². The maximum atomic E-state index is 6.18. The van der Waals surface area contributed by atoms with Crippen molar-refractivity contribution in [3.05, 3.63) is 23.9 Å². The molecule has 0 aliphatic heterocycles. The van der Waals surface area contributed by atoms with Crippen LogP contribution in [0.25, 0.3) is 0 Å². The SMILES string of the molecule is C=C1CCC(CCC(N)C(=CC(C)=S)NC)C1. The van der Waals surface area contributed by atoms with Gasteiger partial charge in [0, 0.05) is 23.7 Å². The minimum atomic E-state index is 0.0757. The first-order valence-electron chi connectivity index (χ1n) is 6.35. The number of likely N-dealkylation sites (N-methyl/N-ethyl adjacent to an activating group) is 1.